The molecule has 0 aromatic carbocycles. The van der Waals surface area contributed by atoms with Crippen LogP contribution in [0.3, 0.4) is 0 Å². The van der Waals surface area contributed by atoms with E-state index in [4.69, 9.17) is 9.47 Å². The van der Waals surface area contributed by atoms with Crippen LogP contribution in [-0.2, 0) is 16.0 Å². The number of rotatable bonds is 5. The third-order valence-corrected chi connectivity index (χ3v) is 5.64. The van der Waals surface area contributed by atoms with Crippen LogP contribution >= 0.6 is 0 Å². The monoisotopic (exact) mass is 319 g/mol. The Balaban J connectivity index is 1.72. The molecule has 128 valence electrons. The largest absolute Gasteiger partial charge is 0.381 e. The van der Waals surface area contributed by atoms with Gasteiger partial charge in [-0.25, -0.2) is 4.98 Å². The minimum absolute atomic E-state index is 0.0199. The maximum Gasteiger partial charge on any atom is 0.127 e. The molecule has 3 rings (SSSR count). The zero-order valence-electron chi connectivity index (χ0n) is 14.8. The summed E-state index contributed by atoms with van der Waals surface area (Å²) in [6.07, 6.45) is 6.74. The fourth-order valence-electron chi connectivity index (χ4n) is 4.17. The first-order chi connectivity index (χ1) is 11.1. The maximum atomic E-state index is 5.99. The van der Waals surface area contributed by atoms with Crippen LogP contribution < -0.4 is 4.90 Å². The predicted molar refractivity (Wildman–Crippen MR) is 91.8 cm³/mol. The van der Waals surface area contributed by atoms with E-state index >= 15 is 0 Å². The number of ether oxygens (including phenoxy) is 2. The summed E-state index contributed by atoms with van der Waals surface area (Å²) >= 11 is 0. The van der Waals surface area contributed by atoms with Crippen molar-refractivity contribution in [3.05, 3.63) is 23.9 Å². The standard InChI is InChI=1S/C18H29N3O2/c1-20(2)17-6-5-14(12-19-17)13-21-10-9-18(23-4)8-7-15(22-3)11-16(18)21/h5-6,12,15-16H,7-11,13H2,1-4H3/t15-,16-,18+/m0/s1. The van der Waals surface area contributed by atoms with Crippen molar-refractivity contribution in [3.8, 4) is 0 Å². The molecule has 3 atom stereocenters. The SMILES string of the molecule is CO[C@H]1CC[C@@]2(OC)CCN(Cc3ccc(N(C)C)nc3)[C@H]2C1. The summed E-state index contributed by atoms with van der Waals surface area (Å²) < 4.78 is 11.6. The van der Waals surface area contributed by atoms with Crippen LogP contribution in [-0.4, -0.2) is 62.5 Å². The van der Waals surface area contributed by atoms with E-state index in [-0.39, 0.29) is 5.60 Å². The smallest absolute Gasteiger partial charge is 0.127 e. The third kappa shape index (κ3) is 3.23. The van der Waals surface area contributed by atoms with Gasteiger partial charge in [0.1, 0.15) is 5.82 Å². The van der Waals surface area contributed by atoms with Gasteiger partial charge in [-0.05, 0) is 37.3 Å². The van der Waals surface area contributed by atoms with Gasteiger partial charge in [0, 0.05) is 53.6 Å². The van der Waals surface area contributed by atoms with E-state index in [1.54, 1.807) is 0 Å². The highest BCUT2D eigenvalue weighted by atomic mass is 16.5. The first-order valence-corrected chi connectivity index (χ1v) is 8.52. The Morgan fingerprint density at radius 2 is 2.13 bits per heavy atom. The van der Waals surface area contributed by atoms with Crippen molar-refractivity contribution in [1.82, 2.24) is 9.88 Å². The summed E-state index contributed by atoms with van der Waals surface area (Å²) in [5, 5.41) is 0. The number of aromatic nitrogens is 1. The lowest BCUT2D eigenvalue weighted by Crippen LogP contribution is -2.51. The molecule has 1 saturated heterocycles. The fraction of sp³-hybridized carbons (Fsp3) is 0.722. The van der Waals surface area contributed by atoms with Gasteiger partial charge in [0.25, 0.3) is 0 Å². The Morgan fingerprint density at radius 1 is 1.30 bits per heavy atom. The highest BCUT2D eigenvalue weighted by molar-refractivity contribution is 5.37. The highest BCUT2D eigenvalue weighted by Gasteiger charge is 2.50. The second-order valence-electron chi connectivity index (χ2n) is 7.06. The lowest BCUT2D eigenvalue weighted by atomic mass is 9.79. The molecular weight excluding hydrogens is 290 g/mol. The second-order valence-corrected chi connectivity index (χ2v) is 7.06. The number of likely N-dealkylation sites (tertiary alicyclic amines) is 1. The summed E-state index contributed by atoms with van der Waals surface area (Å²) in [7, 11) is 7.73. The molecule has 2 aliphatic rings. The van der Waals surface area contributed by atoms with Gasteiger partial charge in [-0.1, -0.05) is 6.07 Å². The van der Waals surface area contributed by atoms with Crippen LogP contribution in [0, 0.1) is 0 Å². The molecule has 1 aromatic rings. The average molecular weight is 319 g/mol. The molecule has 0 unspecified atom stereocenters. The first-order valence-electron chi connectivity index (χ1n) is 8.52. The van der Waals surface area contributed by atoms with E-state index in [0.717, 1.165) is 44.6 Å². The van der Waals surface area contributed by atoms with E-state index in [1.807, 2.05) is 39.4 Å². The van der Waals surface area contributed by atoms with Crippen LogP contribution in [0.2, 0.25) is 0 Å². The summed E-state index contributed by atoms with van der Waals surface area (Å²) in [5.74, 6) is 0.999. The molecule has 0 radical (unpaired) electrons. The highest BCUT2D eigenvalue weighted by Crippen LogP contribution is 2.43. The van der Waals surface area contributed by atoms with E-state index in [2.05, 4.69) is 22.0 Å². The van der Waals surface area contributed by atoms with Crippen molar-refractivity contribution in [1.29, 1.82) is 0 Å². The van der Waals surface area contributed by atoms with Gasteiger partial charge in [-0.15, -0.1) is 0 Å². The van der Waals surface area contributed by atoms with Crippen LogP contribution in [0.15, 0.2) is 18.3 Å². The molecule has 0 N–H and O–H groups in total. The Labute approximate surface area is 139 Å². The number of methoxy groups -OCH3 is 2. The van der Waals surface area contributed by atoms with Crippen molar-refractivity contribution < 1.29 is 9.47 Å². The van der Waals surface area contributed by atoms with Gasteiger partial charge in [-0.3, -0.25) is 4.90 Å². The minimum atomic E-state index is 0.0199. The second kappa shape index (κ2) is 6.75. The quantitative estimate of drug-likeness (QED) is 0.832. The lowest BCUT2D eigenvalue weighted by Gasteiger charge is -2.43. The van der Waals surface area contributed by atoms with E-state index in [0.29, 0.717) is 12.1 Å². The van der Waals surface area contributed by atoms with Gasteiger partial charge >= 0.3 is 0 Å². The predicted octanol–water partition coefficient (Wildman–Crippen LogP) is 2.31. The summed E-state index contributed by atoms with van der Waals surface area (Å²) in [5.41, 5.74) is 1.29. The van der Waals surface area contributed by atoms with Crippen LogP contribution in [0.4, 0.5) is 5.82 Å². The number of fused-ring (bicyclic) bond motifs is 1. The maximum absolute atomic E-state index is 5.99. The average Bonchev–Trinajstić information content (AvgIpc) is 2.93. The molecule has 1 aromatic heterocycles. The van der Waals surface area contributed by atoms with Crippen molar-refractivity contribution in [2.75, 3.05) is 39.8 Å². The topological polar surface area (TPSA) is 37.8 Å². The van der Waals surface area contributed by atoms with E-state index < -0.39 is 0 Å². The van der Waals surface area contributed by atoms with Crippen LogP contribution in [0.1, 0.15) is 31.2 Å². The Morgan fingerprint density at radius 3 is 2.74 bits per heavy atom. The summed E-state index contributed by atoms with van der Waals surface area (Å²) in [4.78, 5) is 9.12. The van der Waals surface area contributed by atoms with Crippen LogP contribution in [0.25, 0.3) is 0 Å². The van der Waals surface area contributed by atoms with Crippen molar-refractivity contribution >= 4 is 5.82 Å². The molecule has 2 heterocycles. The van der Waals surface area contributed by atoms with Crippen molar-refractivity contribution in [2.45, 2.75) is 50.0 Å². The number of hydrogen-bond acceptors (Lipinski definition) is 5. The zero-order chi connectivity index (χ0) is 16.4. The van der Waals surface area contributed by atoms with Gasteiger partial charge in [0.05, 0.1) is 11.7 Å². The zero-order valence-corrected chi connectivity index (χ0v) is 14.8. The molecule has 23 heavy (non-hydrogen) atoms. The van der Waals surface area contributed by atoms with E-state index in [1.165, 1.54) is 5.56 Å². The van der Waals surface area contributed by atoms with Crippen LogP contribution in [0.5, 0.6) is 0 Å². The summed E-state index contributed by atoms with van der Waals surface area (Å²) in [6.45, 7) is 2.03. The molecule has 0 amide bonds. The fourth-order valence-corrected chi connectivity index (χ4v) is 4.17. The van der Waals surface area contributed by atoms with Crippen molar-refractivity contribution in [3.63, 3.8) is 0 Å². The number of nitrogens with zero attached hydrogens (tertiary/aromatic N) is 3. The van der Waals surface area contributed by atoms with Gasteiger partial charge in [-0.2, -0.15) is 0 Å². The minimum Gasteiger partial charge on any atom is -0.381 e. The number of hydrogen-bond donors (Lipinski definition) is 0. The normalized spacial score (nSPS) is 31.1. The van der Waals surface area contributed by atoms with Gasteiger partial charge in [0.15, 0.2) is 0 Å². The number of anilines is 1. The van der Waals surface area contributed by atoms with Gasteiger partial charge in [0.2, 0.25) is 0 Å². The molecule has 1 aliphatic carbocycles. The Hall–Kier alpha value is -1.17. The molecular formula is C18H29N3O2. The molecule has 5 nitrogen and oxygen atoms in total. The van der Waals surface area contributed by atoms with E-state index in [9.17, 15) is 0 Å². The van der Waals surface area contributed by atoms with Gasteiger partial charge < -0.3 is 14.4 Å². The molecule has 0 bridgehead atoms. The molecule has 2 fully saturated rings. The third-order valence-electron chi connectivity index (χ3n) is 5.64. The first kappa shape index (κ1) is 16.7. The number of pyridine rings is 1. The summed E-state index contributed by atoms with van der Waals surface area (Å²) in [6, 6.07) is 4.72. The Bertz CT molecular complexity index is 520. The molecule has 1 aliphatic heterocycles. The lowest BCUT2D eigenvalue weighted by molar-refractivity contribution is -0.0947. The van der Waals surface area contributed by atoms with Crippen molar-refractivity contribution in [2.24, 2.45) is 0 Å². The molecule has 5 heteroatoms. The molecule has 0 spiro atoms. The molecule has 1 saturated carbocycles. The Kier molecular flexibility index (Phi) is 4.90.